The van der Waals surface area contributed by atoms with E-state index in [-0.39, 0.29) is 10.6 Å². The molecule has 0 fully saturated rings. The largest absolute Gasteiger partial charge is 0.307 e. The Morgan fingerprint density at radius 2 is 2.12 bits per heavy atom. The van der Waals surface area contributed by atoms with Crippen LogP contribution in [0, 0.1) is 5.82 Å². The van der Waals surface area contributed by atoms with Crippen LogP contribution in [0.25, 0.3) is 12.2 Å². The van der Waals surface area contributed by atoms with Gasteiger partial charge in [-0.05, 0) is 23.8 Å². The van der Waals surface area contributed by atoms with E-state index in [9.17, 15) is 9.18 Å². The highest BCUT2D eigenvalue weighted by atomic mass is 35.5. The maximum absolute atomic E-state index is 13.1. The van der Waals surface area contributed by atoms with E-state index in [1.165, 1.54) is 24.4 Å². The van der Waals surface area contributed by atoms with Crippen molar-refractivity contribution in [3.63, 3.8) is 0 Å². The van der Waals surface area contributed by atoms with Crippen molar-refractivity contribution >= 4 is 23.8 Å². The first-order valence-electron chi connectivity index (χ1n) is 4.83. The van der Waals surface area contributed by atoms with Gasteiger partial charge in [0.2, 0.25) is 0 Å². The first-order chi connectivity index (χ1) is 8.15. The quantitative estimate of drug-likeness (QED) is 0.891. The molecule has 0 bridgehead atoms. The summed E-state index contributed by atoms with van der Waals surface area (Å²) in [5, 5.41) is 0.0772. The van der Waals surface area contributed by atoms with Crippen molar-refractivity contribution in [1.29, 1.82) is 0 Å². The van der Waals surface area contributed by atoms with Gasteiger partial charge in [0.15, 0.2) is 0 Å². The molecule has 86 valence electrons. The van der Waals surface area contributed by atoms with Gasteiger partial charge in [-0.1, -0.05) is 23.7 Å². The molecule has 0 aliphatic heterocycles. The minimum atomic E-state index is -0.483. The molecule has 2 rings (SSSR count). The van der Waals surface area contributed by atoms with E-state index in [0.717, 1.165) is 0 Å². The normalized spacial score (nSPS) is 10.9. The molecule has 0 aliphatic carbocycles. The summed E-state index contributed by atoms with van der Waals surface area (Å²) in [6, 6.07) is 5.76. The van der Waals surface area contributed by atoms with Gasteiger partial charge in [-0.3, -0.25) is 4.79 Å². The van der Waals surface area contributed by atoms with E-state index in [1.54, 1.807) is 18.2 Å². The van der Waals surface area contributed by atoms with Crippen LogP contribution in [0.15, 0.2) is 35.3 Å². The van der Waals surface area contributed by atoms with Crippen molar-refractivity contribution in [1.82, 2.24) is 9.97 Å². The molecule has 1 aromatic carbocycles. The number of rotatable bonds is 2. The van der Waals surface area contributed by atoms with Crippen LogP contribution in [-0.4, -0.2) is 9.97 Å². The maximum Gasteiger partial charge on any atom is 0.251 e. The van der Waals surface area contributed by atoms with E-state index in [4.69, 9.17) is 11.6 Å². The highest BCUT2D eigenvalue weighted by molar-refractivity contribution is 6.30. The highest BCUT2D eigenvalue weighted by Gasteiger charge is 1.98. The van der Waals surface area contributed by atoms with E-state index in [0.29, 0.717) is 11.4 Å². The van der Waals surface area contributed by atoms with Gasteiger partial charge >= 0.3 is 0 Å². The Labute approximate surface area is 102 Å². The average molecular weight is 251 g/mol. The second kappa shape index (κ2) is 4.93. The standard InChI is InChI=1S/C12H8ClFN2O/c13-9-3-1-8(7-10(9)14)2-4-11-15-6-5-12(17)16-11/h1-7H,(H,15,16,17). The van der Waals surface area contributed by atoms with Gasteiger partial charge in [-0.15, -0.1) is 0 Å². The lowest BCUT2D eigenvalue weighted by molar-refractivity contribution is 0.628. The molecule has 1 N–H and O–H groups in total. The van der Waals surface area contributed by atoms with Crippen LogP contribution in [0.5, 0.6) is 0 Å². The first-order valence-corrected chi connectivity index (χ1v) is 5.21. The Morgan fingerprint density at radius 3 is 2.82 bits per heavy atom. The number of halogens is 2. The van der Waals surface area contributed by atoms with Gasteiger partial charge in [0.25, 0.3) is 5.56 Å². The van der Waals surface area contributed by atoms with Crippen molar-refractivity contribution < 1.29 is 4.39 Å². The molecule has 2 aromatic rings. The van der Waals surface area contributed by atoms with Gasteiger partial charge in [-0.2, -0.15) is 0 Å². The van der Waals surface area contributed by atoms with E-state index in [2.05, 4.69) is 9.97 Å². The molecule has 1 aromatic heterocycles. The van der Waals surface area contributed by atoms with Crippen LogP contribution in [0.2, 0.25) is 5.02 Å². The molecular formula is C12H8ClFN2O. The summed E-state index contributed by atoms with van der Waals surface area (Å²) in [6.45, 7) is 0. The van der Waals surface area contributed by atoms with Crippen LogP contribution in [0.3, 0.4) is 0 Å². The minimum Gasteiger partial charge on any atom is -0.307 e. The fourth-order valence-electron chi connectivity index (χ4n) is 1.26. The minimum absolute atomic E-state index is 0.0772. The second-order valence-electron chi connectivity index (χ2n) is 3.33. The molecule has 5 heteroatoms. The molecule has 0 radical (unpaired) electrons. The molecule has 0 spiro atoms. The van der Waals surface area contributed by atoms with Crippen molar-refractivity contribution in [3.8, 4) is 0 Å². The molecule has 0 aliphatic rings. The third-order valence-corrected chi connectivity index (χ3v) is 2.37. The van der Waals surface area contributed by atoms with Crippen molar-refractivity contribution in [2.75, 3.05) is 0 Å². The number of hydrogen-bond acceptors (Lipinski definition) is 2. The number of nitrogens with one attached hydrogen (secondary N) is 1. The van der Waals surface area contributed by atoms with Gasteiger partial charge in [-0.25, -0.2) is 9.37 Å². The molecular weight excluding hydrogens is 243 g/mol. The van der Waals surface area contributed by atoms with E-state index < -0.39 is 5.82 Å². The smallest absolute Gasteiger partial charge is 0.251 e. The van der Waals surface area contributed by atoms with Crippen LogP contribution in [0.1, 0.15) is 11.4 Å². The topological polar surface area (TPSA) is 45.8 Å². The van der Waals surface area contributed by atoms with E-state index >= 15 is 0 Å². The highest BCUT2D eigenvalue weighted by Crippen LogP contribution is 2.16. The van der Waals surface area contributed by atoms with Crippen molar-refractivity contribution in [3.05, 3.63) is 63.0 Å². The predicted octanol–water partition coefficient (Wildman–Crippen LogP) is 2.73. The van der Waals surface area contributed by atoms with Gasteiger partial charge in [0.05, 0.1) is 5.02 Å². The fraction of sp³-hybridized carbons (Fsp3) is 0. The van der Waals surface area contributed by atoms with E-state index in [1.807, 2.05) is 0 Å². The van der Waals surface area contributed by atoms with Crippen molar-refractivity contribution in [2.45, 2.75) is 0 Å². The van der Waals surface area contributed by atoms with Crippen molar-refractivity contribution in [2.24, 2.45) is 0 Å². The Hall–Kier alpha value is -1.94. The lowest BCUT2D eigenvalue weighted by Crippen LogP contribution is -2.05. The zero-order valence-corrected chi connectivity index (χ0v) is 9.41. The Balaban J connectivity index is 2.26. The molecule has 1 heterocycles. The third kappa shape index (κ3) is 3.01. The Morgan fingerprint density at radius 1 is 1.29 bits per heavy atom. The number of H-pyrrole nitrogens is 1. The number of aromatic nitrogens is 2. The maximum atomic E-state index is 13.1. The molecule has 0 saturated heterocycles. The van der Waals surface area contributed by atoms with Crippen LogP contribution >= 0.6 is 11.6 Å². The van der Waals surface area contributed by atoms with Gasteiger partial charge < -0.3 is 4.98 Å². The SMILES string of the molecule is O=c1ccnc(C=Cc2ccc(Cl)c(F)c2)[nH]1. The Kier molecular flexibility index (Phi) is 3.35. The van der Waals surface area contributed by atoms with Gasteiger partial charge in [0.1, 0.15) is 11.6 Å². The van der Waals surface area contributed by atoms with Crippen LogP contribution in [0.4, 0.5) is 4.39 Å². The number of hydrogen-bond donors (Lipinski definition) is 1. The summed E-state index contributed by atoms with van der Waals surface area (Å²) in [5.74, 6) is -0.0730. The van der Waals surface area contributed by atoms with Crippen LogP contribution < -0.4 is 5.56 Å². The fourth-order valence-corrected chi connectivity index (χ4v) is 1.38. The van der Waals surface area contributed by atoms with Gasteiger partial charge in [0, 0.05) is 12.3 Å². The first kappa shape index (κ1) is 11.5. The summed E-state index contributed by atoms with van der Waals surface area (Å²) < 4.78 is 13.1. The monoisotopic (exact) mass is 250 g/mol. The summed E-state index contributed by atoms with van der Waals surface area (Å²) in [6.07, 6.45) is 4.63. The molecule has 3 nitrogen and oxygen atoms in total. The summed E-state index contributed by atoms with van der Waals surface area (Å²) >= 11 is 5.56. The number of benzene rings is 1. The molecule has 0 amide bonds. The summed E-state index contributed by atoms with van der Waals surface area (Å²) in [5.41, 5.74) is 0.403. The zero-order valence-electron chi connectivity index (χ0n) is 8.65. The number of nitrogens with zero attached hydrogens (tertiary/aromatic N) is 1. The molecule has 0 saturated carbocycles. The summed E-state index contributed by atoms with van der Waals surface area (Å²) in [4.78, 5) is 17.5. The molecule has 0 atom stereocenters. The average Bonchev–Trinajstić information content (AvgIpc) is 2.31. The zero-order chi connectivity index (χ0) is 12.3. The Bertz CT molecular complexity index is 622. The summed E-state index contributed by atoms with van der Waals surface area (Å²) in [7, 11) is 0. The molecule has 0 unspecified atom stereocenters. The molecule has 17 heavy (non-hydrogen) atoms. The second-order valence-corrected chi connectivity index (χ2v) is 3.73. The third-order valence-electron chi connectivity index (χ3n) is 2.07. The lowest BCUT2D eigenvalue weighted by atomic mass is 10.2. The lowest BCUT2D eigenvalue weighted by Gasteiger charge is -1.96. The predicted molar refractivity (Wildman–Crippen MR) is 65.2 cm³/mol. The number of aromatic amines is 1. The van der Waals surface area contributed by atoms with Crippen LogP contribution in [-0.2, 0) is 0 Å².